The second-order valence-corrected chi connectivity index (χ2v) is 3.48. The highest BCUT2D eigenvalue weighted by Gasteiger charge is 1.93. The van der Waals surface area contributed by atoms with Crippen LogP contribution < -0.4 is 0 Å². The Balaban J connectivity index is 3.14. The standard InChI is InChI=1S/C8H6INS/c1-6-4-7(10-5-11)2-3-8(6)9/h2-4H,1H3. The van der Waals surface area contributed by atoms with Crippen LogP contribution in [0.25, 0.3) is 0 Å². The Morgan fingerprint density at radius 2 is 2.27 bits per heavy atom. The molecule has 0 N–H and O–H groups in total. The van der Waals surface area contributed by atoms with Gasteiger partial charge >= 0.3 is 0 Å². The molecule has 1 rings (SSSR count). The molecule has 11 heavy (non-hydrogen) atoms. The lowest BCUT2D eigenvalue weighted by molar-refractivity contribution is 1.40. The molecular weight excluding hydrogens is 269 g/mol. The Kier molecular flexibility index (Phi) is 3.17. The van der Waals surface area contributed by atoms with Gasteiger partial charge in [0.05, 0.1) is 10.8 Å². The van der Waals surface area contributed by atoms with Gasteiger partial charge in [0.2, 0.25) is 0 Å². The summed E-state index contributed by atoms with van der Waals surface area (Å²) in [4.78, 5) is 3.87. The van der Waals surface area contributed by atoms with E-state index in [4.69, 9.17) is 0 Å². The van der Waals surface area contributed by atoms with Crippen molar-refractivity contribution in [2.45, 2.75) is 6.92 Å². The van der Waals surface area contributed by atoms with E-state index in [0.29, 0.717) is 0 Å². The summed E-state index contributed by atoms with van der Waals surface area (Å²) in [6, 6.07) is 5.93. The SMILES string of the molecule is Cc1cc(N=C=S)ccc1I. The van der Waals surface area contributed by atoms with Gasteiger partial charge in [0, 0.05) is 3.57 Å². The van der Waals surface area contributed by atoms with Gasteiger partial charge in [-0.3, -0.25) is 0 Å². The average molecular weight is 275 g/mol. The second kappa shape index (κ2) is 3.95. The van der Waals surface area contributed by atoms with Gasteiger partial charge in [0.1, 0.15) is 0 Å². The van der Waals surface area contributed by atoms with E-state index < -0.39 is 0 Å². The maximum Gasteiger partial charge on any atom is 0.0742 e. The minimum atomic E-state index is 0.873. The maximum absolute atomic E-state index is 4.49. The van der Waals surface area contributed by atoms with Crippen LogP contribution in [0, 0.1) is 10.5 Å². The summed E-state index contributed by atoms with van der Waals surface area (Å²) in [5.74, 6) is 0. The quantitative estimate of drug-likeness (QED) is 0.435. The number of aliphatic imine (C=N–C) groups is 1. The molecule has 0 unspecified atom stereocenters. The second-order valence-electron chi connectivity index (χ2n) is 2.14. The average Bonchev–Trinajstić information content (AvgIpc) is 1.98. The van der Waals surface area contributed by atoms with E-state index in [-0.39, 0.29) is 0 Å². The number of hydrogen-bond acceptors (Lipinski definition) is 2. The zero-order valence-electron chi connectivity index (χ0n) is 5.97. The van der Waals surface area contributed by atoms with Gasteiger partial charge in [-0.25, -0.2) is 0 Å². The fourth-order valence-electron chi connectivity index (χ4n) is 0.751. The molecule has 0 radical (unpaired) electrons. The van der Waals surface area contributed by atoms with Crippen LogP contribution in [0.4, 0.5) is 5.69 Å². The summed E-state index contributed by atoms with van der Waals surface area (Å²) >= 11 is 6.77. The number of thiocarbonyl (C=S) groups is 1. The molecule has 0 saturated heterocycles. The van der Waals surface area contributed by atoms with Crippen LogP contribution in [0.15, 0.2) is 23.2 Å². The molecule has 0 bridgehead atoms. The normalized spacial score (nSPS) is 8.91. The topological polar surface area (TPSA) is 12.4 Å². The van der Waals surface area contributed by atoms with Gasteiger partial charge in [0.15, 0.2) is 0 Å². The summed E-state index contributed by atoms with van der Waals surface area (Å²) in [5, 5.41) is 2.34. The Bertz CT molecular complexity index is 316. The van der Waals surface area contributed by atoms with Gasteiger partial charge < -0.3 is 0 Å². The number of nitrogens with zero attached hydrogens (tertiary/aromatic N) is 1. The van der Waals surface area contributed by atoms with E-state index in [1.807, 2.05) is 25.1 Å². The number of hydrogen-bond donors (Lipinski definition) is 0. The third kappa shape index (κ3) is 2.36. The van der Waals surface area contributed by atoms with E-state index in [0.717, 1.165) is 5.69 Å². The highest BCUT2D eigenvalue weighted by atomic mass is 127. The predicted octanol–water partition coefficient (Wildman–Crippen LogP) is 3.33. The van der Waals surface area contributed by atoms with Gasteiger partial charge in [-0.15, -0.1) is 0 Å². The first kappa shape index (κ1) is 8.84. The lowest BCUT2D eigenvalue weighted by Crippen LogP contribution is -1.76. The van der Waals surface area contributed by atoms with Gasteiger partial charge in [0.25, 0.3) is 0 Å². The highest BCUT2D eigenvalue weighted by molar-refractivity contribution is 14.1. The molecule has 0 atom stereocenters. The summed E-state index contributed by atoms with van der Waals surface area (Å²) in [7, 11) is 0. The summed E-state index contributed by atoms with van der Waals surface area (Å²) in [6.45, 7) is 2.05. The molecule has 1 nitrogen and oxygen atoms in total. The molecule has 0 saturated carbocycles. The van der Waals surface area contributed by atoms with E-state index in [1.54, 1.807) is 0 Å². The lowest BCUT2D eigenvalue weighted by atomic mass is 10.2. The van der Waals surface area contributed by atoms with E-state index in [1.165, 1.54) is 9.13 Å². The third-order valence-corrected chi connectivity index (χ3v) is 2.62. The Morgan fingerprint density at radius 1 is 1.55 bits per heavy atom. The van der Waals surface area contributed by atoms with Crippen molar-refractivity contribution in [3.8, 4) is 0 Å². The molecule has 0 heterocycles. The minimum absolute atomic E-state index is 0.873. The number of halogens is 1. The number of benzene rings is 1. The molecule has 0 fully saturated rings. The molecule has 1 aromatic carbocycles. The van der Waals surface area contributed by atoms with Crippen LogP contribution in [0.3, 0.4) is 0 Å². The molecule has 0 aliphatic heterocycles. The Labute approximate surface area is 84.7 Å². The number of aryl methyl sites for hydroxylation is 1. The largest absolute Gasteiger partial charge is 0.195 e. The first-order valence-corrected chi connectivity index (χ1v) is 4.57. The van der Waals surface area contributed by atoms with Crippen LogP contribution in [0.2, 0.25) is 0 Å². The summed E-state index contributed by atoms with van der Waals surface area (Å²) in [5.41, 5.74) is 2.09. The Hall–Kier alpha value is -0.250. The van der Waals surface area contributed by atoms with Gasteiger partial charge in [-0.05, 0) is 65.5 Å². The van der Waals surface area contributed by atoms with Gasteiger partial charge in [-0.2, -0.15) is 4.99 Å². The van der Waals surface area contributed by atoms with Crippen LogP contribution in [0.5, 0.6) is 0 Å². The van der Waals surface area contributed by atoms with Gasteiger partial charge in [-0.1, -0.05) is 0 Å². The fourth-order valence-corrected chi connectivity index (χ4v) is 1.19. The molecule has 0 aliphatic carbocycles. The number of rotatable bonds is 1. The van der Waals surface area contributed by atoms with Crippen LogP contribution in [-0.2, 0) is 0 Å². The van der Waals surface area contributed by atoms with Crippen molar-refractivity contribution in [1.29, 1.82) is 0 Å². The van der Waals surface area contributed by atoms with Crippen molar-refractivity contribution in [3.05, 3.63) is 27.3 Å². The van der Waals surface area contributed by atoms with Crippen LogP contribution in [0.1, 0.15) is 5.56 Å². The van der Waals surface area contributed by atoms with Crippen LogP contribution in [-0.4, -0.2) is 5.16 Å². The zero-order valence-corrected chi connectivity index (χ0v) is 8.94. The van der Waals surface area contributed by atoms with E-state index in [2.05, 4.69) is 45.0 Å². The van der Waals surface area contributed by atoms with Crippen molar-refractivity contribution in [2.75, 3.05) is 0 Å². The zero-order chi connectivity index (χ0) is 8.27. The lowest BCUT2D eigenvalue weighted by Gasteiger charge is -1.96. The van der Waals surface area contributed by atoms with E-state index >= 15 is 0 Å². The summed E-state index contributed by atoms with van der Waals surface area (Å²) < 4.78 is 1.24. The molecule has 3 heteroatoms. The molecule has 56 valence electrons. The molecule has 0 amide bonds. The van der Waals surface area contributed by atoms with Crippen molar-refractivity contribution < 1.29 is 0 Å². The fraction of sp³-hybridized carbons (Fsp3) is 0.125. The first-order chi connectivity index (χ1) is 5.24. The predicted molar refractivity (Wildman–Crippen MR) is 58.6 cm³/mol. The maximum atomic E-state index is 4.49. The van der Waals surface area contributed by atoms with E-state index in [9.17, 15) is 0 Å². The van der Waals surface area contributed by atoms with Crippen molar-refractivity contribution >= 4 is 45.7 Å². The summed E-state index contributed by atoms with van der Waals surface area (Å²) in [6.07, 6.45) is 0. The molecule has 0 aliphatic rings. The van der Waals surface area contributed by atoms with Crippen molar-refractivity contribution in [1.82, 2.24) is 0 Å². The monoisotopic (exact) mass is 275 g/mol. The molecule has 1 aromatic rings. The minimum Gasteiger partial charge on any atom is -0.195 e. The molecule has 0 spiro atoms. The smallest absolute Gasteiger partial charge is 0.0742 e. The van der Waals surface area contributed by atoms with Crippen LogP contribution >= 0.6 is 34.8 Å². The molecule has 0 aromatic heterocycles. The molecular formula is C8H6INS. The van der Waals surface area contributed by atoms with Crippen molar-refractivity contribution in [3.63, 3.8) is 0 Å². The number of isothiocyanates is 1. The highest BCUT2D eigenvalue weighted by Crippen LogP contribution is 2.18. The Morgan fingerprint density at radius 3 is 2.82 bits per heavy atom. The van der Waals surface area contributed by atoms with Crippen molar-refractivity contribution in [2.24, 2.45) is 4.99 Å². The first-order valence-electron chi connectivity index (χ1n) is 3.08. The third-order valence-electron chi connectivity index (χ3n) is 1.32.